The summed E-state index contributed by atoms with van der Waals surface area (Å²) in [6.07, 6.45) is 2.72. The van der Waals surface area contributed by atoms with Gasteiger partial charge < -0.3 is 10.2 Å². The summed E-state index contributed by atoms with van der Waals surface area (Å²) in [5.41, 5.74) is 4.31. The van der Waals surface area contributed by atoms with Crippen LogP contribution in [0.2, 0.25) is 5.02 Å². The molecule has 5 nitrogen and oxygen atoms in total. The molecule has 0 spiro atoms. The highest BCUT2D eigenvalue weighted by Gasteiger charge is 2.37. The highest BCUT2D eigenvalue weighted by atomic mass is 35.5. The van der Waals surface area contributed by atoms with Crippen LogP contribution < -0.4 is 10.2 Å². The van der Waals surface area contributed by atoms with Crippen molar-refractivity contribution in [3.8, 4) is 0 Å². The topological polar surface area (TPSA) is 52.7 Å². The van der Waals surface area contributed by atoms with Gasteiger partial charge in [-0.05, 0) is 68.0 Å². The molecule has 6 heteroatoms. The van der Waals surface area contributed by atoms with Gasteiger partial charge in [-0.3, -0.25) is 9.69 Å². The van der Waals surface area contributed by atoms with E-state index in [1.54, 1.807) is 6.08 Å². The van der Waals surface area contributed by atoms with Gasteiger partial charge in [0.25, 0.3) is 5.91 Å². The van der Waals surface area contributed by atoms with E-state index in [4.69, 9.17) is 11.6 Å². The van der Waals surface area contributed by atoms with Crippen molar-refractivity contribution in [3.63, 3.8) is 0 Å². The molecule has 0 saturated carbocycles. The molecule has 1 saturated heterocycles. The van der Waals surface area contributed by atoms with Gasteiger partial charge in [-0.1, -0.05) is 48.9 Å². The molecule has 2 aromatic rings. The van der Waals surface area contributed by atoms with Gasteiger partial charge >= 0.3 is 6.03 Å². The molecule has 2 aromatic carbocycles. The average molecular weight is 438 g/mol. The molecule has 1 atom stereocenters. The van der Waals surface area contributed by atoms with Crippen molar-refractivity contribution in [2.45, 2.75) is 52.1 Å². The number of nitrogens with one attached hydrogen (secondary N) is 1. The number of carbonyl (C=O) groups excluding carboxylic acids is 2. The molecule has 2 heterocycles. The van der Waals surface area contributed by atoms with Gasteiger partial charge in [0, 0.05) is 22.8 Å². The number of urea groups is 1. The third kappa shape index (κ3) is 3.94. The second kappa shape index (κ2) is 8.04. The summed E-state index contributed by atoms with van der Waals surface area (Å²) >= 11 is 6.64. The summed E-state index contributed by atoms with van der Waals surface area (Å²) in [7, 11) is 0. The number of halogens is 1. The van der Waals surface area contributed by atoms with Crippen molar-refractivity contribution in [2.75, 3.05) is 11.4 Å². The number of hydrogen-bond acceptors (Lipinski definition) is 3. The van der Waals surface area contributed by atoms with Crippen LogP contribution in [-0.2, 0) is 11.3 Å². The molecule has 1 N–H and O–H groups in total. The molecule has 0 aromatic heterocycles. The molecular formula is C25H28ClN3O2. The molecule has 162 valence electrons. The number of rotatable bonds is 4. The summed E-state index contributed by atoms with van der Waals surface area (Å²) in [5.74, 6) is 0.0256. The van der Waals surface area contributed by atoms with Crippen molar-refractivity contribution >= 4 is 35.3 Å². The molecule has 2 aliphatic heterocycles. The van der Waals surface area contributed by atoms with Gasteiger partial charge in [0.05, 0.1) is 6.54 Å². The van der Waals surface area contributed by atoms with Gasteiger partial charge in [-0.25, -0.2) is 4.79 Å². The molecule has 1 unspecified atom stereocenters. The van der Waals surface area contributed by atoms with E-state index in [-0.39, 0.29) is 23.7 Å². The van der Waals surface area contributed by atoms with Crippen LogP contribution in [0.3, 0.4) is 0 Å². The number of nitrogens with zero attached hydrogens (tertiary/aromatic N) is 2. The quantitative estimate of drug-likeness (QED) is 0.504. The van der Waals surface area contributed by atoms with Crippen molar-refractivity contribution in [1.29, 1.82) is 0 Å². The van der Waals surface area contributed by atoms with Crippen LogP contribution in [0.5, 0.6) is 0 Å². The number of hydrogen-bond donors (Lipinski definition) is 1. The summed E-state index contributed by atoms with van der Waals surface area (Å²) < 4.78 is 0. The van der Waals surface area contributed by atoms with Gasteiger partial charge in [0.2, 0.25) is 0 Å². The highest BCUT2D eigenvalue weighted by Crippen LogP contribution is 2.45. The summed E-state index contributed by atoms with van der Waals surface area (Å²) in [6, 6.07) is 13.1. The standard InChI is InChI=1S/C25H28ClN3O2/c1-5-29-22-13-20(26)18(11-19(22)16(2)14-25(29,3)4)12-21-23(30)28(24(31)27-21)15-17-9-7-6-8-10-17/h6-13,16H,5,14-15H2,1-4H3,(H,27,31)/b21-12+. The van der Waals surface area contributed by atoms with Crippen molar-refractivity contribution in [1.82, 2.24) is 10.2 Å². The van der Waals surface area contributed by atoms with Crippen molar-refractivity contribution in [2.24, 2.45) is 0 Å². The molecular weight excluding hydrogens is 410 g/mol. The van der Waals surface area contributed by atoms with E-state index in [1.807, 2.05) is 36.4 Å². The van der Waals surface area contributed by atoms with Gasteiger partial charge in [0.1, 0.15) is 5.70 Å². The Morgan fingerprint density at radius 2 is 1.90 bits per heavy atom. The van der Waals surface area contributed by atoms with Gasteiger partial charge in [-0.2, -0.15) is 0 Å². The average Bonchev–Trinajstić information content (AvgIpc) is 2.97. The van der Waals surface area contributed by atoms with Crippen LogP contribution in [0.1, 0.15) is 56.7 Å². The van der Waals surface area contributed by atoms with E-state index in [1.165, 1.54) is 10.5 Å². The lowest BCUT2D eigenvalue weighted by Crippen LogP contribution is -2.48. The van der Waals surface area contributed by atoms with Crippen molar-refractivity contribution in [3.05, 3.63) is 69.9 Å². The van der Waals surface area contributed by atoms with E-state index in [2.05, 4.69) is 44.0 Å². The first kappa shape index (κ1) is 21.4. The number of benzene rings is 2. The fourth-order valence-corrected chi connectivity index (χ4v) is 5.08. The van der Waals surface area contributed by atoms with Crippen molar-refractivity contribution < 1.29 is 9.59 Å². The van der Waals surface area contributed by atoms with E-state index >= 15 is 0 Å². The Hall–Kier alpha value is -2.79. The van der Waals surface area contributed by atoms with Crippen LogP contribution in [0, 0.1) is 0 Å². The van der Waals surface area contributed by atoms with E-state index in [9.17, 15) is 9.59 Å². The van der Waals surface area contributed by atoms with E-state index in [0.717, 1.165) is 29.8 Å². The fourth-order valence-electron chi connectivity index (χ4n) is 4.87. The Labute approximate surface area is 188 Å². The zero-order valence-corrected chi connectivity index (χ0v) is 19.2. The maximum atomic E-state index is 12.9. The van der Waals surface area contributed by atoms with Crippen LogP contribution >= 0.6 is 11.6 Å². The Balaban J connectivity index is 1.66. The lowest BCUT2D eigenvalue weighted by Gasteiger charge is -2.47. The zero-order chi connectivity index (χ0) is 22.3. The third-order valence-corrected chi connectivity index (χ3v) is 6.59. The minimum absolute atomic E-state index is 0.0534. The molecule has 31 heavy (non-hydrogen) atoms. The SMILES string of the molecule is CCN1c2cc(Cl)c(/C=C3/NC(=O)N(Cc4ccccc4)C3=O)cc2C(C)CC1(C)C. The molecule has 0 radical (unpaired) electrons. The Kier molecular flexibility index (Phi) is 5.56. The fraction of sp³-hybridized carbons (Fsp3) is 0.360. The van der Waals surface area contributed by atoms with Crippen LogP contribution in [0.4, 0.5) is 10.5 Å². The maximum absolute atomic E-state index is 12.9. The summed E-state index contributed by atoms with van der Waals surface area (Å²) in [4.78, 5) is 28.9. The predicted molar refractivity (Wildman–Crippen MR) is 125 cm³/mol. The third-order valence-electron chi connectivity index (χ3n) is 6.27. The monoisotopic (exact) mass is 437 g/mol. The minimum atomic E-state index is -0.415. The number of fused-ring (bicyclic) bond motifs is 1. The van der Waals surface area contributed by atoms with Crippen LogP contribution in [0.25, 0.3) is 6.08 Å². The van der Waals surface area contributed by atoms with Crippen LogP contribution in [0.15, 0.2) is 48.2 Å². The highest BCUT2D eigenvalue weighted by molar-refractivity contribution is 6.32. The van der Waals surface area contributed by atoms with E-state index < -0.39 is 6.03 Å². The van der Waals surface area contributed by atoms with Gasteiger partial charge in [0.15, 0.2) is 0 Å². The van der Waals surface area contributed by atoms with Gasteiger partial charge in [-0.15, -0.1) is 0 Å². The van der Waals surface area contributed by atoms with E-state index in [0.29, 0.717) is 10.9 Å². The first-order chi connectivity index (χ1) is 14.7. The second-order valence-corrected chi connectivity index (χ2v) is 9.37. The first-order valence-corrected chi connectivity index (χ1v) is 11.1. The largest absolute Gasteiger partial charge is 0.366 e. The Morgan fingerprint density at radius 3 is 2.58 bits per heavy atom. The Morgan fingerprint density at radius 1 is 1.19 bits per heavy atom. The maximum Gasteiger partial charge on any atom is 0.329 e. The Bertz CT molecular complexity index is 1060. The normalized spacial score (nSPS) is 21.5. The molecule has 4 rings (SSSR count). The lowest BCUT2D eigenvalue weighted by atomic mass is 9.79. The lowest BCUT2D eigenvalue weighted by molar-refractivity contribution is -0.123. The molecule has 2 aliphatic rings. The number of amides is 3. The second-order valence-electron chi connectivity index (χ2n) is 8.96. The first-order valence-electron chi connectivity index (χ1n) is 10.7. The number of carbonyl (C=O) groups is 2. The zero-order valence-electron chi connectivity index (χ0n) is 18.4. The number of anilines is 1. The smallest absolute Gasteiger partial charge is 0.329 e. The minimum Gasteiger partial charge on any atom is -0.366 e. The summed E-state index contributed by atoms with van der Waals surface area (Å²) in [6.45, 7) is 10.0. The molecule has 0 aliphatic carbocycles. The predicted octanol–water partition coefficient (Wildman–Crippen LogP) is 5.55. The molecule has 3 amide bonds. The summed E-state index contributed by atoms with van der Waals surface area (Å²) in [5, 5.41) is 3.27. The van der Waals surface area contributed by atoms with Crippen LogP contribution in [-0.4, -0.2) is 28.9 Å². The molecule has 0 bridgehead atoms. The molecule has 1 fully saturated rings. The number of imide groups is 1.